The molecule has 0 saturated carbocycles. The predicted molar refractivity (Wildman–Crippen MR) is 97.6 cm³/mol. The van der Waals surface area contributed by atoms with Crippen molar-refractivity contribution in [3.8, 4) is 0 Å². The third-order valence-corrected chi connectivity index (χ3v) is 4.38. The first kappa shape index (κ1) is 19.9. The molecule has 1 aromatic heterocycles. The van der Waals surface area contributed by atoms with Crippen LogP contribution in [-0.4, -0.2) is 41.0 Å². The van der Waals surface area contributed by atoms with E-state index in [-0.39, 0.29) is 11.6 Å². The molecule has 142 valence electrons. The number of amides is 1. The van der Waals surface area contributed by atoms with Gasteiger partial charge in [0.2, 0.25) is 0 Å². The van der Waals surface area contributed by atoms with Gasteiger partial charge in [0.25, 0.3) is 5.91 Å². The molecule has 0 fully saturated rings. The third kappa shape index (κ3) is 4.39. The summed E-state index contributed by atoms with van der Waals surface area (Å²) in [5.74, 6) is -1.08. The van der Waals surface area contributed by atoms with Crippen molar-refractivity contribution in [2.45, 2.75) is 52.4 Å². The highest BCUT2D eigenvalue weighted by atomic mass is 19.1. The molecule has 0 radical (unpaired) electrons. The fraction of sp³-hybridized carbons (Fsp3) is 0.526. The van der Waals surface area contributed by atoms with Crippen molar-refractivity contribution in [3.05, 3.63) is 30.0 Å². The monoisotopic (exact) mass is 363 g/mol. The molecule has 0 aliphatic rings. The van der Waals surface area contributed by atoms with Gasteiger partial charge in [0, 0.05) is 11.9 Å². The van der Waals surface area contributed by atoms with Crippen molar-refractivity contribution >= 4 is 22.8 Å². The summed E-state index contributed by atoms with van der Waals surface area (Å²) in [6.07, 6.45) is -0.123. The molecule has 0 aliphatic heterocycles. The molecule has 1 unspecified atom stereocenters. The van der Waals surface area contributed by atoms with Crippen LogP contribution in [0.25, 0.3) is 10.9 Å². The van der Waals surface area contributed by atoms with Crippen LogP contribution in [0.4, 0.5) is 4.39 Å². The Labute approximate surface area is 152 Å². The summed E-state index contributed by atoms with van der Waals surface area (Å²) in [6, 6.07) is 6.55. The maximum Gasteiger partial charge on any atom is 0.328 e. The number of alkyl halides is 1. The first-order chi connectivity index (χ1) is 12.4. The number of aromatic nitrogens is 2. The van der Waals surface area contributed by atoms with E-state index in [0.717, 1.165) is 5.52 Å². The molecule has 0 spiro atoms. The van der Waals surface area contributed by atoms with Crippen LogP contribution in [-0.2, 0) is 16.1 Å². The Bertz CT molecular complexity index is 772. The highest BCUT2D eigenvalue weighted by molar-refractivity contribution is 6.06. The topological polar surface area (TPSA) is 73.2 Å². The van der Waals surface area contributed by atoms with Crippen molar-refractivity contribution in [2.75, 3.05) is 7.11 Å². The number of halogens is 1. The smallest absolute Gasteiger partial charge is 0.328 e. The van der Waals surface area contributed by atoms with E-state index in [1.54, 1.807) is 17.7 Å². The lowest BCUT2D eigenvalue weighted by atomic mass is 10.0. The van der Waals surface area contributed by atoms with Gasteiger partial charge < -0.3 is 10.1 Å². The Morgan fingerprint density at radius 3 is 2.62 bits per heavy atom. The minimum absolute atomic E-state index is 0.128. The summed E-state index contributed by atoms with van der Waals surface area (Å²) in [7, 11) is 1.29. The summed E-state index contributed by atoms with van der Waals surface area (Å²) in [4.78, 5) is 24.6. The summed E-state index contributed by atoms with van der Waals surface area (Å²) < 4.78 is 20.0. The molecule has 26 heavy (non-hydrogen) atoms. The number of nitrogens with zero attached hydrogens (tertiary/aromatic N) is 2. The molecule has 0 aliphatic carbocycles. The summed E-state index contributed by atoms with van der Waals surface area (Å²) in [5.41, 5.74) is 0.988. The van der Waals surface area contributed by atoms with Crippen molar-refractivity contribution in [2.24, 2.45) is 5.92 Å². The first-order valence-electron chi connectivity index (χ1n) is 8.87. The largest absolute Gasteiger partial charge is 0.467 e. The molecule has 1 N–H and O–H groups in total. The molecule has 2 rings (SSSR count). The lowest BCUT2D eigenvalue weighted by molar-refractivity contribution is -0.144. The predicted octanol–water partition coefficient (Wildman–Crippen LogP) is 3.10. The number of nitrogens with one attached hydrogen (secondary N) is 1. The van der Waals surface area contributed by atoms with Crippen LogP contribution in [0.15, 0.2) is 24.3 Å². The molecule has 0 bridgehead atoms. The van der Waals surface area contributed by atoms with Crippen molar-refractivity contribution in [3.63, 3.8) is 0 Å². The zero-order valence-electron chi connectivity index (χ0n) is 15.7. The van der Waals surface area contributed by atoms with Crippen LogP contribution in [0, 0.1) is 5.92 Å². The van der Waals surface area contributed by atoms with Gasteiger partial charge in [0.15, 0.2) is 5.69 Å². The lowest BCUT2D eigenvalue weighted by Crippen LogP contribution is -2.45. The number of rotatable bonds is 8. The lowest BCUT2D eigenvalue weighted by Gasteiger charge is -2.19. The number of benzene rings is 1. The van der Waals surface area contributed by atoms with Crippen molar-refractivity contribution < 1.29 is 18.7 Å². The third-order valence-electron chi connectivity index (χ3n) is 4.38. The second-order valence-corrected chi connectivity index (χ2v) is 6.60. The Morgan fingerprint density at radius 2 is 2.00 bits per heavy atom. The van der Waals surface area contributed by atoms with Crippen molar-refractivity contribution in [1.82, 2.24) is 15.1 Å². The van der Waals surface area contributed by atoms with Crippen LogP contribution < -0.4 is 5.32 Å². The van der Waals surface area contributed by atoms with Gasteiger partial charge in [0.05, 0.1) is 12.6 Å². The van der Waals surface area contributed by atoms with E-state index in [4.69, 9.17) is 4.74 Å². The quantitative estimate of drug-likeness (QED) is 0.732. The van der Waals surface area contributed by atoms with E-state index in [2.05, 4.69) is 10.4 Å². The molecule has 0 saturated heterocycles. The maximum absolute atomic E-state index is 13.6. The average Bonchev–Trinajstić information content (AvgIpc) is 3.02. The van der Waals surface area contributed by atoms with Gasteiger partial charge >= 0.3 is 5.97 Å². The summed E-state index contributed by atoms with van der Waals surface area (Å²) >= 11 is 0. The molecule has 6 nitrogen and oxygen atoms in total. The number of aryl methyl sites for hydroxylation is 1. The van der Waals surface area contributed by atoms with Crippen LogP contribution in [0.1, 0.15) is 44.1 Å². The second-order valence-electron chi connectivity index (χ2n) is 6.60. The van der Waals surface area contributed by atoms with Crippen LogP contribution in [0.2, 0.25) is 0 Å². The maximum atomic E-state index is 13.6. The number of methoxy groups -OCH3 is 1. The zero-order valence-corrected chi connectivity index (χ0v) is 15.7. The number of ether oxygens (including phenoxy) is 1. The average molecular weight is 363 g/mol. The molecule has 1 heterocycles. The summed E-state index contributed by atoms with van der Waals surface area (Å²) in [5, 5.41) is 7.75. The van der Waals surface area contributed by atoms with E-state index in [9.17, 15) is 14.0 Å². The van der Waals surface area contributed by atoms with E-state index < -0.39 is 24.1 Å². The van der Waals surface area contributed by atoms with Gasteiger partial charge in [-0.15, -0.1) is 0 Å². The highest BCUT2D eigenvalue weighted by Gasteiger charge is 2.27. The Kier molecular flexibility index (Phi) is 6.71. The molecule has 1 aromatic carbocycles. The van der Waals surface area contributed by atoms with E-state index in [0.29, 0.717) is 24.8 Å². The van der Waals surface area contributed by atoms with Gasteiger partial charge in [-0.2, -0.15) is 5.10 Å². The van der Waals surface area contributed by atoms with E-state index >= 15 is 0 Å². The minimum atomic E-state index is -0.903. The fourth-order valence-electron chi connectivity index (χ4n) is 2.77. The molecular weight excluding hydrogens is 337 g/mol. The SMILES string of the molecule is CCC(F)CCn1nc(C(=O)N[C@H](C(=O)OC)C(C)C)c2ccccc21. The number of carbonyl (C=O) groups is 2. The van der Waals surface area contributed by atoms with Crippen molar-refractivity contribution in [1.29, 1.82) is 0 Å². The minimum Gasteiger partial charge on any atom is -0.467 e. The normalized spacial score (nSPS) is 13.6. The van der Waals surface area contributed by atoms with Gasteiger partial charge in [-0.3, -0.25) is 9.48 Å². The molecule has 1 amide bonds. The van der Waals surface area contributed by atoms with Gasteiger partial charge in [-0.25, -0.2) is 9.18 Å². The number of para-hydroxylation sites is 1. The Hall–Kier alpha value is -2.44. The van der Waals surface area contributed by atoms with Gasteiger partial charge in [0.1, 0.15) is 12.2 Å². The van der Waals surface area contributed by atoms with Crippen LogP contribution >= 0.6 is 0 Å². The second kappa shape index (κ2) is 8.78. The number of hydrogen-bond acceptors (Lipinski definition) is 4. The number of esters is 1. The zero-order chi connectivity index (χ0) is 19.3. The Balaban J connectivity index is 2.30. The van der Waals surface area contributed by atoms with Gasteiger partial charge in [-0.1, -0.05) is 39.0 Å². The first-order valence-corrected chi connectivity index (χ1v) is 8.87. The number of fused-ring (bicyclic) bond motifs is 1. The molecule has 2 atom stereocenters. The van der Waals surface area contributed by atoms with E-state index in [1.807, 2.05) is 32.0 Å². The molecular formula is C19H26FN3O3. The van der Waals surface area contributed by atoms with Crippen LogP contribution in [0.3, 0.4) is 0 Å². The summed E-state index contributed by atoms with van der Waals surface area (Å²) in [6.45, 7) is 5.83. The number of carbonyl (C=O) groups excluding carboxylic acids is 2. The standard InChI is InChI=1S/C19H26FN3O3/c1-5-13(20)10-11-23-15-9-7-6-8-14(15)17(22-23)18(24)21-16(12(2)3)19(25)26-4/h6-9,12-13,16H,5,10-11H2,1-4H3,(H,21,24)/t13?,16-/m0/s1. The van der Waals surface area contributed by atoms with Gasteiger partial charge in [-0.05, 0) is 24.8 Å². The highest BCUT2D eigenvalue weighted by Crippen LogP contribution is 2.20. The van der Waals surface area contributed by atoms with Crippen LogP contribution in [0.5, 0.6) is 0 Å². The molecule has 7 heteroatoms. The fourth-order valence-corrected chi connectivity index (χ4v) is 2.77. The number of hydrogen-bond donors (Lipinski definition) is 1. The Morgan fingerprint density at radius 1 is 1.31 bits per heavy atom. The van der Waals surface area contributed by atoms with E-state index in [1.165, 1.54) is 7.11 Å². The molecule has 2 aromatic rings.